The summed E-state index contributed by atoms with van der Waals surface area (Å²) in [5.74, 6) is 1.26. The van der Waals surface area contributed by atoms with Crippen molar-refractivity contribution in [1.29, 1.82) is 0 Å². The summed E-state index contributed by atoms with van der Waals surface area (Å²) in [6.07, 6.45) is 0. The first kappa shape index (κ1) is 19.6. The Balaban J connectivity index is 2.03. The third kappa shape index (κ3) is 4.60. The summed E-state index contributed by atoms with van der Waals surface area (Å²) >= 11 is 7.44. The second kappa shape index (κ2) is 7.87. The minimum absolute atomic E-state index is 0.180. The SMILES string of the molecule is Cc1cccc(-n2c(SCC(=O)C(C)(C)C)nnc2-c2ccc(Cl)cc2)c1. The van der Waals surface area contributed by atoms with Crippen LogP contribution in [-0.4, -0.2) is 26.3 Å². The van der Waals surface area contributed by atoms with Crippen molar-refractivity contribution in [3.05, 3.63) is 59.1 Å². The smallest absolute Gasteiger partial charge is 0.196 e. The van der Waals surface area contributed by atoms with Gasteiger partial charge < -0.3 is 0 Å². The lowest BCUT2D eigenvalue weighted by molar-refractivity contribution is -0.123. The van der Waals surface area contributed by atoms with Crippen molar-refractivity contribution in [3.8, 4) is 17.1 Å². The maximum atomic E-state index is 12.4. The Kier molecular flexibility index (Phi) is 5.72. The van der Waals surface area contributed by atoms with E-state index in [9.17, 15) is 4.79 Å². The van der Waals surface area contributed by atoms with Crippen LogP contribution in [0.1, 0.15) is 26.3 Å². The Hall–Kier alpha value is -2.11. The van der Waals surface area contributed by atoms with Crippen LogP contribution in [0, 0.1) is 12.3 Å². The zero-order chi connectivity index (χ0) is 19.6. The highest BCUT2D eigenvalue weighted by Crippen LogP contribution is 2.30. The van der Waals surface area contributed by atoms with Crippen LogP contribution in [0.5, 0.6) is 0 Å². The third-order valence-electron chi connectivity index (χ3n) is 4.16. The highest BCUT2D eigenvalue weighted by molar-refractivity contribution is 7.99. The van der Waals surface area contributed by atoms with Gasteiger partial charge in [-0.05, 0) is 48.9 Å². The number of aromatic nitrogens is 3. The summed E-state index contributed by atoms with van der Waals surface area (Å²) in [5, 5.41) is 10.1. The van der Waals surface area contributed by atoms with Crippen LogP contribution in [0.3, 0.4) is 0 Å². The van der Waals surface area contributed by atoms with E-state index in [2.05, 4.69) is 16.3 Å². The molecule has 0 saturated heterocycles. The first-order chi connectivity index (χ1) is 12.8. The van der Waals surface area contributed by atoms with Crippen LogP contribution in [0.25, 0.3) is 17.1 Å². The maximum absolute atomic E-state index is 12.4. The third-order valence-corrected chi connectivity index (χ3v) is 5.35. The second-order valence-electron chi connectivity index (χ2n) is 7.45. The molecule has 0 aliphatic rings. The lowest BCUT2D eigenvalue weighted by Gasteiger charge is -2.16. The molecule has 0 aliphatic heterocycles. The number of carbonyl (C=O) groups excluding carboxylic acids is 1. The molecular formula is C21H22ClN3OS. The van der Waals surface area contributed by atoms with Crippen LogP contribution in [0.15, 0.2) is 53.7 Å². The number of benzene rings is 2. The van der Waals surface area contributed by atoms with Crippen LogP contribution in [0.4, 0.5) is 0 Å². The fourth-order valence-electron chi connectivity index (χ4n) is 2.50. The first-order valence-electron chi connectivity index (χ1n) is 8.70. The van der Waals surface area contributed by atoms with Crippen molar-refractivity contribution in [2.24, 2.45) is 5.41 Å². The van der Waals surface area contributed by atoms with Crippen LogP contribution < -0.4 is 0 Å². The lowest BCUT2D eigenvalue weighted by Crippen LogP contribution is -2.22. The van der Waals surface area contributed by atoms with Crippen molar-refractivity contribution in [2.75, 3.05) is 5.75 Å². The van der Waals surface area contributed by atoms with E-state index in [4.69, 9.17) is 11.6 Å². The molecule has 140 valence electrons. The predicted octanol–water partition coefficient (Wildman–Crippen LogP) is 5.60. The predicted molar refractivity (Wildman–Crippen MR) is 112 cm³/mol. The molecule has 0 atom stereocenters. The summed E-state index contributed by atoms with van der Waals surface area (Å²) in [6.45, 7) is 7.84. The molecule has 0 N–H and O–H groups in total. The van der Waals surface area contributed by atoms with Gasteiger partial charge in [0, 0.05) is 21.7 Å². The van der Waals surface area contributed by atoms with Gasteiger partial charge in [0.15, 0.2) is 11.0 Å². The van der Waals surface area contributed by atoms with E-state index in [1.165, 1.54) is 11.8 Å². The van der Waals surface area contributed by atoms with E-state index in [1.807, 2.05) is 74.7 Å². The molecule has 0 radical (unpaired) electrons. The quantitative estimate of drug-likeness (QED) is 0.523. The second-order valence-corrected chi connectivity index (χ2v) is 8.83. The Morgan fingerprint density at radius 1 is 1.11 bits per heavy atom. The molecule has 6 heteroatoms. The van der Waals surface area contributed by atoms with Crippen LogP contribution >= 0.6 is 23.4 Å². The molecule has 27 heavy (non-hydrogen) atoms. The number of aryl methyl sites for hydroxylation is 1. The molecule has 0 aliphatic carbocycles. The van der Waals surface area contributed by atoms with Crippen molar-refractivity contribution < 1.29 is 4.79 Å². The van der Waals surface area contributed by atoms with Gasteiger partial charge in [0.25, 0.3) is 0 Å². The Bertz CT molecular complexity index is 958. The molecule has 1 heterocycles. The molecule has 2 aromatic carbocycles. The van der Waals surface area contributed by atoms with E-state index in [0.717, 1.165) is 22.6 Å². The molecule has 3 aromatic rings. The molecule has 0 unspecified atom stereocenters. The summed E-state index contributed by atoms with van der Waals surface area (Å²) in [6, 6.07) is 15.7. The van der Waals surface area contributed by atoms with Gasteiger partial charge in [0.05, 0.1) is 5.75 Å². The maximum Gasteiger partial charge on any atom is 0.196 e. The van der Waals surface area contributed by atoms with Gasteiger partial charge in [0.1, 0.15) is 5.78 Å². The molecule has 0 bridgehead atoms. The fraction of sp³-hybridized carbons (Fsp3) is 0.286. The lowest BCUT2D eigenvalue weighted by atomic mass is 9.92. The number of nitrogens with zero attached hydrogens (tertiary/aromatic N) is 3. The van der Waals surface area contributed by atoms with Gasteiger partial charge in [-0.3, -0.25) is 9.36 Å². The van der Waals surface area contributed by atoms with Gasteiger partial charge in [-0.15, -0.1) is 10.2 Å². The van der Waals surface area contributed by atoms with Crippen molar-refractivity contribution in [2.45, 2.75) is 32.9 Å². The van der Waals surface area contributed by atoms with E-state index in [-0.39, 0.29) is 11.2 Å². The molecule has 4 nitrogen and oxygen atoms in total. The number of ketones is 1. The van der Waals surface area contributed by atoms with Crippen molar-refractivity contribution in [1.82, 2.24) is 14.8 Å². The summed E-state index contributed by atoms with van der Waals surface area (Å²) in [5.41, 5.74) is 2.66. The molecule has 0 fully saturated rings. The fourth-order valence-corrected chi connectivity index (χ4v) is 3.73. The minimum atomic E-state index is -0.375. The zero-order valence-electron chi connectivity index (χ0n) is 15.9. The molecule has 1 aromatic heterocycles. The van der Waals surface area contributed by atoms with Gasteiger partial charge in [-0.25, -0.2) is 0 Å². The van der Waals surface area contributed by atoms with Crippen molar-refractivity contribution in [3.63, 3.8) is 0 Å². The highest BCUT2D eigenvalue weighted by atomic mass is 35.5. The summed E-state index contributed by atoms with van der Waals surface area (Å²) in [4.78, 5) is 12.4. The van der Waals surface area contributed by atoms with Gasteiger partial charge in [0.2, 0.25) is 0 Å². The number of Topliss-reactive ketones (excluding diaryl/α,β-unsaturated/α-hetero) is 1. The zero-order valence-corrected chi connectivity index (χ0v) is 17.4. The van der Waals surface area contributed by atoms with E-state index in [0.29, 0.717) is 15.9 Å². The number of thioether (sulfide) groups is 1. The van der Waals surface area contributed by atoms with Gasteiger partial charge >= 0.3 is 0 Å². The summed E-state index contributed by atoms with van der Waals surface area (Å²) < 4.78 is 2.00. The largest absolute Gasteiger partial charge is 0.298 e. The molecule has 0 spiro atoms. The highest BCUT2D eigenvalue weighted by Gasteiger charge is 2.23. The van der Waals surface area contributed by atoms with E-state index >= 15 is 0 Å². The molecular weight excluding hydrogens is 378 g/mol. The Morgan fingerprint density at radius 3 is 2.44 bits per heavy atom. The average Bonchev–Trinajstić information content (AvgIpc) is 3.03. The average molecular weight is 400 g/mol. The normalized spacial score (nSPS) is 11.6. The number of rotatable bonds is 5. The van der Waals surface area contributed by atoms with Crippen LogP contribution in [0.2, 0.25) is 5.02 Å². The molecule has 0 amide bonds. The van der Waals surface area contributed by atoms with Crippen molar-refractivity contribution >= 4 is 29.1 Å². The Labute approximate surface area is 169 Å². The standard InChI is InChI=1S/C21H22ClN3OS/c1-14-6-5-7-17(12-14)25-19(15-8-10-16(22)11-9-15)23-24-20(25)27-13-18(26)21(2,3)4/h5-12H,13H2,1-4H3. The number of hydrogen-bond acceptors (Lipinski definition) is 4. The summed E-state index contributed by atoms with van der Waals surface area (Å²) in [7, 11) is 0. The number of hydrogen-bond donors (Lipinski definition) is 0. The molecule has 3 rings (SSSR count). The monoisotopic (exact) mass is 399 g/mol. The Morgan fingerprint density at radius 2 is 1.81 bits per heavy atom. The number of carbonyl (C=O) groups is 1. The minimum Gasteiger partial charge on any atom is -0.298 e. The molecule has 0 saturated carbocycles. The van der Waals surface area contributed by atoms with E-state index < -0.39 is 0 Å². The number of halogens is 1. The first-order valence-corrected chi connectivity index (χ1v) is 10.1. The van der Waals surface area contributed by atoms with Crippen LogP contribution in [-0.2, 0) is 4.79 Å². The van der Waals surface area contributed by atoms with Gasteiger partial charge in [-0.1, -0.05) is 56.3 Å². The topological polar surface area (TPSA) is 47.8 Å². The van der Waals surface area contributed by atoms with Gasteiger partial charge in [-0.2, -0.15) is 0 Å². The van der Waals surface area contributed by atoms with E-state index in [1.54, 1.807) is 0 Å².